The SMILES string of the molecule is C/C(=N\OCc1cccc(Cl)c1)c1cc(Cl)ccc1C(F)(F)F. The Balaban J connectivity index is 2.19. The molecule has 0 aromatic heterocycles. The second-order valence-corrected chi connectivity index (χ2v) is 5.64. The summed E-state index contributed by atoms with van der Waals surface area (Å²) in [5.41, 5.74) is -0.0800. The van der Waals surface area contributed by atoms with E-state index in [1.54, 1.807) is 24.3 Å². The van der Waals surface area contributed by atoms with E-state index in [0.29, 0.717) is 5.02 Å². The molecular weight excluding hydrogens is 350 g/mol. The zero-order valence-corrected chi connectivity index (χ0v) is 13.5. The van der Waals surface area contributed by atoms with Gasteiger partial charge in [-0.3, -0.25) is 0 Å². The van der Waals surface area contributed by atoms with Crippen LogP contribution in [0.5, 0.6) is 0 Å². The van der Waals surface area contributed by atoms with Crippen molar-refractivity contribution in [3.8, 4) is 0 Å². The van der Waals surface area contributed by atoms with Crippen molar-refractivity contribution in [3.05, 3.63) is 69.2 Å². The van der Waals surface area contributed by atoms with Crippen molar-refractivity contribution >= 4 is 28.9 Å². The maximum absolute atomic E-state index is 13.0. The molecule has 122 valence electrons. The van der Waals surface area contributed by atoms with Gasteiger partial charge in [-0.2, -0.15) is 13.2 Å². The number of rotatable bonds is 4. The number of hydrogen-bond donors (Lipinski definition) is 0. The molecule has 7 heteroatoms. The number of benzene rings is 2. The van der Waals surface area contributed by atoms with Crippen molar-refractivity contribution in [2.75, 3.05) is 0 Å². The number of alkyl halides is 3. The minimum absolute atomic E-state index is 0.0850. The molecule has 0 radical (unpaired) electrons. The molecule has 0 N–H and O–H groups in total. The van der Waals surface area contributed by atoms with Gasteiger partial charge in [-0.05, 0) is 42.8 Å². The highest BCUT2D eigenvalue weighted by Gasteiger charge is 2.34. The molecule has 0 aliphatic carbocycles. The van der Waals surface area contributed by atoms with E-state index in [-0.39, 0.29) is 22.9 Å². The Bertz CT molecular complexity index is 730. The Hall–Kier alpha value is -1.72. The van der Waals surface area contributed by atoms with Crippen molar-refractivity contribution in [2.45, 2.75) is 19.7 Å². The quantitative estimate of drug-likeness (QED) is 0.486. The van der Waals surface area contributed by atoms with Crippen LogP contribution in [0.1, 0.15) is 23.6 Å². The Morgan fingerprint density at radius 1 is 1.09 bits per heavy atom. The molecule has 0 amide bonds. The van der Waals surface area contributed by atoms with E-state index in [0.717, 1.165) is 11.6 Å². The van der Waals surface area contributed by atoms with E-state index in [1.165, 1.54) is 19.1 Å². The smallest absolute Gasteiger partial charge is 0.391 e. The molecule has 2 aromatic rings. The van der Waals surface area contributed by atoms with Crippen molar-refractivity contribution in [2.24, 2.45) is 5.16 Å². The molecule has 0 spiro atoms. The van der Waals surface area contributed by atoms with Gasteiger partial charge < -0.3 is 4.84 Å². The summed E-state index contributed by atoms with van der Waals surface area (Å²) < 4.78 is 39.1. The Kier molecular flexibility index (Phi) is 5.55. The monoisotopic (exact) mass is 361 g/mol. The van der Waals surface area contributed by atoms with Crippen LogP contribution in [0.4, 0.5) is 13.2 Å². The summed E-state index contributed by atoms with van der Waals surface area (Å²) in [4.78, 5) is 5.12. The molecule has 2 aromatic carbocycles. The summed E-state index contributed by atoms with van der Waals surface area (Å²) in [7, 11) is 0. The van der Waals surface area contributed by atoms with E-state index >= 15 is 0 Å². The fraction of sp³-hybridized carbons (Fsp3) is 0.188. The minimum atomic E-state index is -4.50. The Morgan fingerprint density at radius 3 is 2.43 bits per heavy atom. The molecule has 0 bridgehead atoms. The maximum atomic E-state index is 13.0. The highest BCUT2D eigenvalue weighted by atomic mass is 35.5. The predicted octanol–water partition coefficient (Wildman–Crippen LogP) is 5.95. The molecule has 0 aliphatic heterocycles. The molecule has 23 heavy (non-hydrogen) atoms. The van der Waals surface area contributed by atoms with Crippen LogP contribution < -0.4 is 0 Å². The lowest BCUT2D eigenvalue weighted by atomic mass is 10.0. The largest absolute Gasteiger partial charge is 0.417 e. The van der Waals surface area contributed by atoms with Crippen LogP contribution >= 0.6 is 23.2 Å². The lowest BCUT2D eigenvalue weighted by Gasteiger charge is -2.12. The van der Waals surface area contributed by atoms with Crippen molar-refractivity contribution < 1.29 is 18.0 Å². The third-order valence-electron chi connectivity index (χ3n) is 3.00. The lowest BCUT2D eigenvalue weighted by molar-refractivity contribution is -0.137. The lowest BCUT2D eigenvalue weighted by Crippen LogP contribution is -2.12. The van der Waals surface area contributed by atoms with Gasteiger partial charge in [0.25, 0.3) is 0 Å². The second kappa shape index (κ2) is 7.23. The molecular formula is C16H12Cl2F3NO. The van der Waals surface area contributed by atoms with Crippen LogP contribution in [0.15, 0.2) is 47.6 Å². The highest BCUT2D eigenvalue weighted by Crippen LogP contribution is 2.33. The van der Waals surface area contributed by atoms with Crippen molar-refractivity contribution in [1.82, 2.24) is 0 Å². The average molecular weight is 362 g/mol. The van der Waals surface area contributed by atoms with Crippen molar-refractivity contribution in [1.29, 1.82) is 0 Å². The molecule has 0 saturated carbocycles. The zero-order chi connectivity index (χ0) is 17.0. The van der Waals surface area contributed by atoms with Gasteiger partial charge in [-0.15, -0.1) is 0 Å². The second-order valence-electron chi connectivity index (χ2n) is 4.77. The van der Waals surface area contributed by atoms with Gasteiger partial charge in [0.1, 0.15) is 6.61 Å². The molecule has 0 unspecified atom stereocenters. The van der Waals surface area contributed by atoms with Gasteiger partial charge in [0.15, 0.2) is 0 Å². The minimum Gasteiger partial charge on any atom is -0.391 e. The predicted molar refractivity (Wildman–Crippen MR) is 84.9 cm³/mol. The molecule has 0 aliphatic rings. The molecule has 0 heterocycles. The first-order valence-electron chi connectivity index (χ1n) is 6.55. The fourth-order valence-electron chi connectivity index (χ4n) is 1.94. The Labute approximate surface area is 141 Å². The van der Waals surface area contributed by atoms with Crippen LogP contribution in [0.3, 0.4) is 0 Å². The van der Waals surface area contributed by atoms with Gasteiger partial charge in [-0.1, -0.05) is 40.5 Å². The highest BCUT2D eigenvalue weighted by molar-refractivity contribution is 6.31. The molecule has 2 rings (SSSR count). The summed E-state index contributed by atoms with van der Waals surface area (Å²) in [6.07, 6.45) is -4.50. The van der Waals surface area contributed by atoms with Gasteiger partial charge >= 0.3 is 6.18 Å². The molecule has 2 nitrogen and oxygen atoms in total. The normalized spacial score (nSPS) is 12.3. The van der Waals surface area contributed by atoms with Gasteiger partial charge in [0.2, 0.25) is 0 Å². The van der Waals surface area contributed by atoms with Crippen LogP contribution in [-0.2, 0) is 17.6 Å². The summed E-state index contributed by atoms with van der Waals surface area (Å²) in [6.45, 7) is 1.53. The number of halogens is 5. The molecule has 0 fully saturated rings. The van der Waals surface area contributed by atoms with Crippen LogP contribution in [0.25, 0.3) is 0 Å². The third-order valence-corrected chi connectivity index (χ3v) is 3.47. The third kappa shape index (κ3) is 4.88. The average Bonchev–Trinajstić information content (AvgIpc) is 2.46. The summed E-state index contributed by atoms with van der Waals surface area (Å²) in [6, 6.07) is 10.2. The van der Waals surface area contributed by atoms with E-state index in [1.807, 2.05) is 0 Å². The topological polar surface area (TPSA) is 21.6 Å². The fourth-order valence-corrected chi connectivity index (χ4v) is 2.33. The summed E-state index contributed by atoms with van der Waals surface area (Å²) >= 11 is 11.6. The first kappa shape index (κ1) is 17.6. The van der Waals surface area contributed by atoms with Gasteiger partial charge in [-0.25, -0.2) is 0 Å². The van der Waals surface area contributed by atoms with Crippen LogP contribution in [0, 0.1) is 0 Å². The number of hydrogen-bond acceptors (Lipinski definition) is 2. The maximum Gasteiger partial charge on any atom is 0.417 e. The van der Waals surface area contributed by atoms with Crippen LogP contribution in [0.2, 0.25) is 10.0 Å². The number of oxime groups is 1. The zero-order valence-electron chi connectivity index (χ0n) is 12.0. The van der Waals surface area contributed by atoms with E-state index in [9.17, 15) is 13.2 Å². The first-order chi connectivity index (χ1) is 10.8. The summed E-state index contributed by atoms with van der Waals surface area (Å²) in [5.74, 6) is 0. The van der Waals surface area contributed by atoms with Crippen LogP contribution in [-0.4, -0.2) is 5.71 Å². The Morgan fingerprint density at radius 2 is 1.78 bits per heavy atom. The van der Waals surface area contributed by atoms with Gasteiger partial charge in [0, 0.05) is 15.6 Å². The molecule has 0 atom stereocenters. The summed E-state index contributed by atoms with van der Waals surface area (Å²) in [5, 5.41) is 4.48. The standard InChI is InChI=1S/C16H12Cl2F3NO/c1-10(22-23-9-11-3-2-4-12(17)7-11)14-8-13(18)5-6-15(14)16(19,20)21/h2-8H,9H2,1H3/b22-10+. The van der Waals surface area contributed by atoms with Crippen molar-refractivity contribution in [3.63, 3.8) is 0 Å². The first-order valence-corrected chi connectivity index (χ1v) is 7.31. The van der Waals surface area contributed by atoms with Gasteiger partial charge in [0.05, 0.1) is 11.3 Å². The van der Waals surface area contributed by atoms with E-state index in [4.69, 9.17) is 28.0 Å². The van der Waals surface area contributed by atoms with E-state index in [2.05, 4.69) is 5.16 Å². The molecule has 0 saturated heterocycles. The number of nitrogens with zero attached hydrogens (tertiary/aromatic N) is 1. The van der Waals surface area contributed by atoms with E-state index < -0.39 is 11.7 Å².